The highest BCUT2D eigenvalue weighted by Gasteiger charge is 2.20. The molecule has 2 rings (SSSR count). The molecule has 1 aromatic rings. The topological polar surface area (TPSA) is 25.4 Å². The lowest BCUT2D eigenvalue weighted by Gasteiger charge is -2.32. The van der Waals surface area contributed by atoms with Crippen LogP contribution in [0.5, 0.6) is 0 Å². The maximum Gasteiger partial charge on any atom is 0.136 e. The molecular weight excluding hydrogens is 164 g/mol. The lowest BCUT2D eigenvalue weighted by molar-refractivity contribution is -0.0858. The summed E-state index contributed by atoms with van der Waals surface area (Å²) < 4.78 is 5.67. The van der Waals surface area contributed by atoms with Gasteiger partial charge in [0.05, 0.1) is 6.61 Å². The molecule has 1 atom stereocenters. The van der Waals surface area contributed by atoms with Crippen molar-refractivity contribution in [2.24, 2.45) is 0 Å². The summed E-state index contributed by atoms with van der Waals surface area (Å²) in [7, 11) is 2.09. The minimum absolute atomic E-state index is 0.122. The molecular formula is C10H14N2O. The molecule has 1 aliphatic rings. The van der Waals surface area contributed by atoms with Gasteiger partial charge in [0.2, 0.25) is 0 Å². The molecule has 1 aliphatic heterocycles. The average molecular weight is 178 g/mol. The summed E-state index contributed by atoms with van der Waals surface area (Å²) in [6, 6.07) is 4.01. The molecule has 2 heterocycles. The fraction of sp³-hybridized carbons (Fsp3) is 0.500. The smallest absolute Gasteiger partial charge is 0.136 e. The van der Waals surface area contributed by atoms with Crippen LogP contribution >= 0.6 is 0 Å². The molecule has 70 valence electrons. The van der Waals surface area contributed by atoms with E-state index in [2.05, 4.69) is 16.9 Å². The zero-order chi connectivity index (χ0) is 9.10. The number of rotatable bonds is 1. The summed E-state index contributed by atoms with van der Waals surface area (Å²) >= 11 is 0. The molecule has 3 nitrogen and oxygen atoms in total. The molecule has 1 fully saturated rings. The highest BCUT2D eigenvalue weighted by atomic mass is 16.5. The molecule has 0 aliphatic carbocycles. The van der Waals surface area contributed by atoms with Crippen molar-refractivity contribution in [3.63, 3.8) is 0 Å². The highest BCUT2D eigenvalue weighted by Crippen LogP contribution is 2.23. The van der Waals surface area contributed by atoms with Crippen molar-refractivity contribution in [1.82, 2.24) is 9.88 Å². The van der Waals surface area contributed by atoms with Crippen molar-refractivity contribution in [3.8, 4) is 0 Å². The standard InChI is InChI=1S/C10H14N2O/c1-12-7-2-8-13-10(12)9-3-5-11-6-4-9/h3-6,10H,2,7-8H2,1H3. The molecule has 3 heteroatoms. The predicted molar refractivity (Wildman–Crippen MR) is 50.2 cm³/mol. The summed E-state index contributed by atoms with van der Waals surface area (Å²) in [6.07, 6.45) is 4.86. The molecule has 0 bridgehead atoms. The van der Waals surface area contributed by atoms with E-state index in [0.29, 0.717) is 0 Å². The van der Waals surface area contributed by atoms with Gasteiger partial charge < -0.3 is 4.74 Å². The highest BCUT2D eigenvalue weighted by molar-refractivity contribution is 5.13. The first-order valence-corrected chi connectivity index (χ1v) is 4.60. The van der Waals surface area contributed by atoms with E-state index < -0.39 is 0 Å². The Kier molecular flexibility index (Phi) is 2.57. The number of ether oxygens (including phenoxy) is 1. The van der Waals surface area contributed by atoms with Gasteiger partial charge in [-0.25, -0.2) is 0 Å². The Morgan fingerprint density at radius 1 is 1.46 bits per heavy atom. The summed E-state index contributed by atoms with van der Waals surface area (Å²) in [4.78, 5) is 6.21. The first-order chi connectivity index (χ1) is 6.38. The maximum absolute atomic E-state index is 5.67. The first kappa shape index (κ1) is 8.66. The van der Waals surface area contributed by atoms with Gasteiger partial charge in [0.1, 0.15) is 6.23 Å². The molecule has 0 saturated carbocycles. The second kappa shape index (κ2) is 3.85. The number of hydrogen-bond donors (Lipinski definition) is 0. The third-order valence-electron chi connectivity index (χ3n) is 2.32. The van der Waals surface area contributed by atoms with E-state index in [0.717, 1.165) is 19.6 Å². The predicted octanol–water partition coefficient (Wildman–Crippen LogP) is 1.43. The molecule has 0 aromatic carbocycles. The lowest BCUT2D eigenvalue weighted by Crippen LogP contribution is -2.33. The zero-order valence-electron chi connectivity index (χ0n) is 7.81. The number of hydrogen-bond acceptors (Lipinski definition) is 3. The van der Waals surface area contributed by atoms with Gasteiger partial charge in [0, 0.05) is 18.9 Å². The molecule has 0 N–H and O–H groups in total. The Morgan fingerprint density at radius 3 is 2.92 bits per heavy atom. The number of pyridine rings is 1. The zero-order valence-corrected chi connectivity index (χ0v) is 7.81. The average Bonchev–Trinajstić information content (AvgIpc) is 2.20. The van der Waals surface area contributed by atoms with Gasteiger partial charge in [-0.1, -0.05) is 0 Å². The van der Waals surface area contributed by atoms with Crippen LogP contribution in [-0.2, 0) is 4.74 Å². The molecule has 0 amide bonds. The van der Waals surface area contributed by atoms with E-state index in [1.165, 1.54) is 5.56 Å². The van der Waals surface area contributed by atoms with Gasteiger partial charge >= 0.3 is 0 Å². The Labute approximate surface area is 78.3 Å². The Balaban J connectivity index is 2.15. The van der Waals surface area contributed by atoms with Crippen LogP contribution in [0, 0.1) is 0 Å². The Hall–Kier alpha value is -0.930. The van der Waals surface area contributed by atoms with Crippen LogP contribution in [0.4, 0.5) is 0 Å². The second-order valence-corrected chi connectivity index (χ2v) is 3.34. The van der Waals surface area contributed by atoms with Crippen molar-refractivity contribution in [2.45, 2.75) is 12.6 Å². The molecule has 0 radical (unpaired) electrons. The monoisotopic (exact) mass is 178 g/mol. The summed E-state index contributed by atoms with van der Waals surface area (Å²) in [6.45, 7) is 1.96. The van der Waals surface area contributed by atoms with E-state index in [-0.39, 0.29) is 6.23 Å². The lowest BCUT2D eigenvalue weighted by atomic mass is 10.2. The fourth-order valence-electron chi connectivity index (χ4n) is 1.63. The minimum atomic E-state index is 0.122. The van der Waals surface area contributed by atoms with E-state index in [1.807, 2.05) is 12.1 Å². The van der Waals surface area contributed by atoms with Crippen LogP contribution < -0.4 is 0 Å². The van der Waals surface area contributed by atoms with Gasteiger partial charge in [-0.15, -0.1) is 0 Å². The van der Waals surface area contributed by atoms with Crippen molar-refractivity contribution >= 4 is 0 Å². The normalized spacial score (nSPS) is 24.5. The second-order valence-electron chi connectivity index (χ2n) is 3.34. The minimum Gasteiger partial charge on any atom is -0.359 e. The summed E-state index contributed by atoms with van der Waals surface area (Å²) in [5.41, 5.74) is 1.19. The SMILES string of the molecule is CN1CCCOC1c1ccncc1. The van der Waals surface area contributed by atoms with Gasteiger partial charge in [-0.3, -0.25) is 9.88 Å². The summed E-state index contributed by atoms with van der Waals surface area (Å²) in [5, 5.41) is 0. The van der Waals surface area contributed by atoms with Crippen molar-refractivity contribution in [1.29, 1.82) is 0 Å². The van der Waals surface area contributed by atoms with Crippen LogP contribution in [0.15, 0.2) is 24.5 Å². The van der Waals surface area contributed by atoms with E-state index >= 15 is 0 Å². The molecule has 0 spiro atoms. The van der Waals surface area contributed by atoms with Gasteiger partial charge in [-0.2, -0.15) is 0 Å². The van der Waals surface area contributed by atoms with E-state index in [4.69, 9.17) is 4.74 Å². The molecule has 1 aromatic heterocycles. The van der Waals surface area contributed by atoms with Crippen LogP contribution in [0.2, 0.25) is 0 Å². The number of nitrogens with zero attached hydrogens (tertiary/aromatic N) is 2. The van der Waals surface area contributed by atoms with Gasteiger partial charge in [-0.05, 0) is 31.2 Å². The maximum atomic E-state index is 5.67. The van der Waals surface area contributed by atoms with Crippen LogP contribution in [0.1, 0.15) is 18.2 Å². The fourth-order valence-corrected chi connectivity index (χ4v) is 1.63. The molecule has 1 unspecified atom stereocenters. The van der Waals surface area contributed by atoms with Crippen molar-refractivity contribution in [2.75, 3.05) is 20.2 Å². The summed E-state index contributed by atoms with van der Waals surface area (Å²) in [5.74, 6) is 0. The van der Waals surface area contributed by atoms with Crippen molar-refractivity contribution in [3.05, 3.63) is 30.1 Å². The Bertz CT molecular complexity index is 263. The quantitative estimate of drug-likeness (QED) is 0.650. The van der Waals surface area contributed by atoms with Crippen LogP contribution in [0.25, 0.3) is 0 Å². The van der Waals surface area contributed by atoms with Gasteiger partial charge in [0.15, 0.2) is 0 Å². The Morgan fingerprint density at radius 2 is 2.23 bits per heavy atom. The molecule has 13 heavy (non-hydrogen) atoms. The van der Waals surface area contributed by atoms with Gasteiger partial charge in [0.25, 0.3) is 0 Å². The van der Waals surface area contributed by atoms with E-state index in [1.54, 1.807) is 12.4 Å². The van der Waals surface area contributed by atoms with Crippen molar-refractivity contribution < 1.29 is 4.74 Å². The number of aromatic nitrogens is 1. The largest absolute Gasteiger partial charge is 0.359 e. The van der Waals surface area contributed by atoms with Crippen LogP contribution in [-0.4, -0.2) is 30.1 Å². The molecule has 1 saturated heterocycles. The first-order valence-electron chi connectivity index (χ1n) is 4.60. The van der Waals surface area contributed by atoms with E-state index in [9.17, 15) is 0 Å². The third kappa shape index (κ3) is 1.87. The van der Waals surface area contributed by atoms with Crippen LogP contribution in [0.3, 0.4) is 0 Å². The third-order valence-corrected chi connectivity index (χ3v) is 2.32.